The average Bonchev–Trinajstić information content (AvgIpc) is 2.18. The highest BCUT2D eigenvalue weighted by atomic mass is 16.5. The second-order valence-corrected chi connectivity index (χ2v) is 3.85. The van der Waals surface area contributed by atoms with Crippen LogP contribution in [-0.2, 0) is 14.3 Å². The molecule has 1 aliphatic rings. The first-order valence-electron chi connectivity index (χ1n) is 5.00. The van der Waals surface area contributed by atoms with Gasteiger partial charge in [0, 0.05) is 19.6 Å². The third-order valence-electron chi connectivity index (χ3n) is 2.67. The van der Waals surface area contributed by atoms with Crippen LogP contribution < -0.4 is 0 Å². The maximum Gasteiger partial charge on any atom is 0.309 e. The van der Waals surface area contributed by atoms with Gasteiger partial charge in [0.25, 0.3) is 0 Å². The summed E-state index contributed by atoms with van der Waals surface area (Å²) >= 11 is 0. The molecule has 4 heteroatoms. The molecular formula is C10H18O4. The zero-order chi connectivity index (χ0) is 10.6. The molecule has 1 rings (SSSR count). The molecule has 82 valence electrons. The Balaban J connectivity index is 2.57. The summed E-state index contributed by atoms with van der Waals surface area (Å²) in [7, 11) is 1.62. The highest BCUT2D eigenvalue weighted by molar-refractivity contribution is 5.70. The van der Waals surface area contributed by atoms with Gasteiger partial charge < -0.3 is 14.6 Å². The van der Waals surface area contributed by atoms with E-state index in [0.717, 1.165) is 6.42 Å². The second-order valence-electron chi connectivity index (χ2n) is 3.85. The number of carboxylic acid groups (broad SMARTS) is 1. The number of aliphatic carboxylic acids is 1. The monoisotopic (exact) mass is 202 g/mol. The molecule has 0 aromatic carbocycles. The number of hydrogen-bond acceptors (Lipinski definition) is 3. The van der Waals surface area contributed by atoms with Gasteiger partial charge in [-0.25, -0.2) is 0 Å². The molecule has 1 aliphatic heterocycles. The Kier molecular flexibility index (Phi) is 4.35. The fourth-order valence-corrected chi connectivity index (χ4v) is 1.99. The number of hydrogen-bond donors (Lipinski definition) is 1. The van der Waals surface area contributed by atoms with Crippen molar-refractivity contribution < 1.29 is 19.4 Å². The van der Waals surface area contributed by atoms with Crippen molar-refractivity contribution in [1.29, 1.82) is 0 Å². The summed E-state index contributed by atoms with van der Waals surface area (Å²) in [6.45, 7) is 3.19. The van der Waals surface area contributed by atoms with Crippen LogP contribution in [0.4, 0.5) is 0 Å². The minimum Gasteiger partial charge on any atom is -0.481 e. The van der Waals surface area contributed by atoms with Crippen LogP contribution in [0.5, 0.6) is 0 Å². The fraction of sp³-hybridized carbons (Fsp3) is 0.900. The van der Waals surface area contributed by atoms with Gasteiger partial charge in [0.1, 0.15) is 0 Å². The van der Waals surface area contributed by atoms with E-state index < -0.39 is 5.97 Å². The van der Waals surface area contributed by atoms with Gasteiger partial charge in [0.05, 0.1) is 18.6 Å². The molecule has 0 aromatic heterocycles. The van der Waals surface area contributed by atoms with Gasteiger partial charge in [0.2, 0.25) is 0 Å². The molecule has 0 spiro atoms. The maximum atomic E-state index is 11.0. The van der Waals surface area contributed by atoms with Crippen LogP contribution in [0.1, 0.15) is 19.8 Å². The predicted octanol–water partition coefficient (Wildman–Crippen LogP) is 1.15. The third kappa shape index (κ3) is 2.69. The van der Waals surface area contributed by atoms with E-state index in [0.29, 0.717) is 19.6 Å². The number of carbonyl (C=O) groups is 1. The summed E-state index contributed by atoms with van der Waals surface area (Å²) in [5.74, 6) is -0.979. The van der Waals surface area contributed by atoms with Crippen LogP contribution in [0.2, 0.25) is 0 Å². The Morgan fingerprint density at radius 3 is 3.00 bits per heavy atom. The van der Waals surface area contributed by atoms with E-state index in [2.05, 4.69) is 0 Å². The summed E-state index contributed by atoms with van der Waals surface area (Å²) in [6.07, 6.45) is 1.36. The molecule has 0 aromatic rings. The van der Waals surface area contributed by atoms with Crippen molar-refractivity contribution in [2.24, 2.45) is 11.8 Å². The van der Waals surface area contributed by atoms with Crippen LogP contribution in [0.15, 0.2) is 0 Å². The van der Waals surface area contributed by atoms with Gasteiger partial charge in [-0.1, -0.05) is 6.92 Å². The molecule has 3 unspecified atom stereocenters. The number of ether oxygens (including phenoxy) is 2. The zero-order valence-electron chi connectivity index (χ0n) is 8.73. The van der Waals surface area contributed by atoms with Crippen LogP contribution in [0.25, 0.3) is 0 Å². The lowest BCUT2D eigenvalue weighted by Crippen LogP contribution is -2.40. The van der Waals surface area contributed by atoms with E-state index >= 15 is 0 Å². The molecule has 1 fully saturated rings. The molecule has 1 heterocycles. The second kappa shape index (κ2) is 5.32. The number of rotatable bonds is 4. The highest BCUT2D eigenvalue weighted by Gasteiger charge is 2.35. The largest absolute Gasteiger partial charge is 0.481 e. The van der Waals surface area contributed by atoms with Gasteiger partial charge in [-0.2, -0.15) is 0 Å². The normalized spacial score (nSPS) is 29.9. The molecule has 0 bridgehead atoms. The van der Waals surface area contributed by atoms with Crippen molar-refractivity contribution in [2.75, 3.05) is 20.3 Å². The maximum absolute atomic E-state index is 11.0. The zero-order valence-corrected chi connectivity index (χ0v) is 8.73. The minimum atomic E-state index is -0.752. The van der Waals surface area contributed by atoms with Gasteiger partial charge in [-0.15, -0.1) is 0 Å². The van der Waals surface area contributed by atoms with Crippen LogP contribution in [0.3, 0.4) is 0 Å². The van der Waals surface area contributed by atoms with Gasteiger partial charge >= 0.3 is 5.97 Å². The lowest BCUT2D eigenvalue weighted by Gasteiger charge is -2.32. The summed E-state index contributed by atoms with van der Waals surface area (Å²) in [5.41, 5.74) is 0. The topological polar surface area (TPSA) is 55.8 Å². The smallest absolute Gasteiger partial charge is 0.309 e. The minimum absolute atomic E-state index is 0.140. The van der Waals surface area contributed by atoms with Gasteiger partial charge in [0.15, 0.2) is 0 Å². The first-order valence-corrected chi connectivity index (χ1v) is 5.00. The molecule has 0 amide bonds. The molecule has 4 nitrogen and oxygen atoms in total. The molecule has 0 radical (unpaired) electrons. The lowest BCUT2D eigenvalue weighted by molar-refractivity contribution is -0.155. The number of carboxylic acids is 1. The highest BCUT2D eigenvalue weighted by Crippen LogP contribution is 2.26. The van der Waals surface area contributed by atoms with E-state index in [1.807, 2.05) is 6.92 Å². The first-order chi connectivity index (χ1) is 6.66. The van der Waals surface area contributed by atoms with Crippen molar-refractivity contribution in [2.45, 2.75) is 25.9 Å². The molecule has 3 atom stereocenters. The van der Waals surface area contributed by atoms with Crippen molar-refractivity contribution in [1.82, 2.24) is 0 Å². The lowest BCUT2D eigenvalue weighted by atomic mass is 9.87. The summed E-state index contributed by atoms with van der Waals surface area (Å²) in [5, 5.41) is 9.00. The SMILES string of the molecule is COCC(C)C1OCCCC1C(=O)O. The van der Waals surface area contributed by atoms with Crippen molar-refractivity contribution in [3.63, 3.8) is 0 Å². The predicted molar refractivity (Wildman–Crippen MR) is 51.1 cm³/mol. The summed E-state index contributed by atoms with van der Waals surface area (Å²) in [6, 6.07) is 0. The molecule has 0 aliphatic carbocycles. The standard InChI is InChI=1S/C10H18O4/c1-7(6-13-2)9-8(10(11)12)4-3-5-14-9/h7-9H,3-6H2,1-2H3,(H,11,12). The van der Waals surface area contributed by atoms with E-state index in [-0.39, 0.29) is 17.9 Å². The third-order valence-corrected chi connectivity index (χ3v) is 2.67. The molecular weight excluding hydrogens is 184 g/mol. The van der Waals surface area contributed by atoms with Crippen LogP contribution in [-0.4, -0.2) is 37.5 Å². The van der Waals surface area contributed by atoms with Crippen molar-refractivity contribution in [3.05, 3.63) is 0 Å². The summed E-state index contributed by atoms with van der Waals surface area (Å²) < 4.78 is 10.5. The molecule has 1 N–H and O–H groups in total. The Labute approximate surface area is 84.2 Å². The Bertz CT molecular complexity index is 193. The van der Waals surface area contributed by atoms with Crippen molar-refractivity contribution in [3.8, 4) is 0 Å². The van der Waals surface area contributed by atoms with E-state index in [9.17, 15) is 4.79 Å². The van der Waals surface area contributed by atoms with Crippen LogP contribution >= 0.6 is 0 Å². The average molecular weight is 202 g/mol. The summed E-state index contributed by atoms with van der Waals surface area (Å²) in [4.78, 5) is 11.0. The number of methoxy groups -OCH3 is 1. The quantitative estimate of drug-likeness (QED) is 0.743. The van der Waals surface area contributed by atoms with Crippen LogP contribution in [0, 0.1) is 11.8 Å². The fourth-order valence-electron chi connectivity index (χ4n) is 1.99. The molecule has 0 saturated carbocycles. The van der Waals surface area contributed by atoms with E-state index in [1.165, 1.54) is 0 Å². The van der Waals surface area contributed by atoms with Gasteiger partial charge in [-0.3, -0.25) is 4.79 Å². The Hall–Kier alpha value is -0.610. The Morgan fingerprint density at radius 1 is 1.71 bits per heavy atom. The molecule has 14 heavy (non-hydrogen) atoms. The Morgan fingerprint density at radius 2 is 2.43 bits per heavy atom. The first kappa shape index (κ1) is 11.5. The van der Waals surface area contributed by atoms with E-state index in [1.54, 1.807) is 7.11 Å². The molecule has 1 saturated heterocycles. The van der Waals surface area contributed by atoms with Crippen molar-refractivity contribution >= 4 is 5.97 Å². The van der Waals surface area contributed by atoms with E-state index in [4.69, 9.17) is 14.6 Å². The van der Waals surface area contributed by atoms with Gasteiger partial charge in [-0.05, 0) is 12.8 Å².